The van der Waals surface area contributed by atoms with E-state index in [0.29, 0.717) is 69.3 Å². The minimum Gasteiger partial charge on any atom is -0.490 e. The molecule has 0 aliphatic rings. The first-order valence-corrected chi connectivity index (χ1v) is 17.9. The molecule has 1 amide bonds. The predicted molar refractivity (Wildman–Crippen MR) is 159 cm³/mol. The van der Waals surface area contributed by atoms with E-state index in [4.69, 9.17) is 46.5 Å². The van der Waals surface area contributed by atoms with Crippen LogP contribution in [0.3, 0.4) is 0 Å². The molecule has 228 valence electrons. The van der Waals surface area contributed by atoms with Crippen LogP contribution >= 0.6 is 42.1 Å². The molecule has 0 saturated carbocycles. The number of thiophene rings is 1. The highest BCUT2D eigenvalue weighted by atomic mass is 35.5. The number of halogens is 2. The maximum Gasteiger partial charge on any atom is 0.424 e. The summed E-state index contributed by atoms with van der Waals surface area (Å²) < 4.78 is 70.1. The van der Waals surface area contributed by atoms with Crippen LogP contribution in [0, 0.1) is 6.92 Å². The van der Waals surface area contributed by atoms with Crippen LogP contribution in [0.4, 0.5) is 4.79 Å². The van der Waals surface area contributed by atoms with Gasteiger partial charge in [0, 0.05) is 27.9 Å². The number of fused-ring (bicyclic) bond motifs is 1. The number of aryl methyl sites for hydroxylation is 1. The number of rotatable bonds is 16. The van der Waals surface area contributed by atoms with Crippen molar-refractivity contribution < 1.29 is 41.0 Å². The quantitative estimate of drug-likeness (QED) is 0.103. The Morgan fingerprint density at radius 3 is 2.00 bits per heavy atom. The van der Waals surface area contributed by atoms with Gasteiger partial charge >= 0.3 is 13.7 Å². The molecule has 0 bridgehead atoms. The molecule has 0 spiro atoms. The van der Waals surface area contributed by atoms with Gasteiger partial charge in [-0.3, -0.25) is 4.57 Å². The van der Waals surface area contributed by atoms with Crippen LogP contribution in [0.2, 0.25) is 0 Å². The number of ether oxygens (including phenoxy) is 3. The molecule has 2 rings (SSSR count). The van der Waals surface area contributed by atoms with E-state index < -0.39 is 35.6 Å². The first kappa shape index (κ1) is 34.9. The van der Waals surface area contributed by atoms with Crippen LogP contribution < -0.4 is 9.47 Å². The third kappa shape index (κ3) is 9.37. The molecule has 0 fully saturated rings. The summed E-state index contributed by atoms with van der Waals surface area (Å²) in [5.41, 5.74) is -0.642. The number of hydrogen-bond acceptors (Lipinski definition) is 10. The second-order valence-corrected chi connectivity index (χ2v) is 15.4. The van der Waals surface area contributed by atoms with Crippen molar-refractivity contribution in [2.24, 2.45) is 0 Å². The van der Waals surface area contributed by atoms with Crippen molar-refractivity contribution in [3.05, 3.63) is 17.7 Å². The summed E-state index contributed by atoms with van der Waals surface area (Å²) in [7, 11) is -8.59. The number of carbonyl (C=O) groups is 1. The molecule has 2 aromatic rings. The normalized spacial score (nSPS) is 12.5. The molecule has 0 aliphatic heterocycles. The van der Waals surface area contributed by atoms with Gasteiger partial charge in [0.1, 0.15) is 16.1 Å². The first-order valence-electron chi connectivity index (χ1n) is 12.8. The Bertz CT molecular complexity index is 1290. The molecule has 0 radical (unpaired) electrons. The van der Waals surface area contributed by atoms with Crippen molar-refractivity contribution in [1.82, 2.24) is 4.31 Å². The van der Waals surface area contributed by atoms with Gasteiger partial charge < -0.3 is 23.3 Å². The van der Waals surface area contributed by atoms with Gasteiger partial charge in [-0.15, -0.1) is 34.5 Å². The lowest BCUT2D eigenvalue weighted by Gasteiger charge is -2.29. The largest absolute Gasteiger partial charge is 0.490 e. The van der Waals surface area contributed by atoms with Gasteiger partial charge in [0.05, 0.1) is 26.4 Å². The van der Waals surface area contributed by atoms with E-state index in [9.17, 15) is 17.8 Å². The van der Waals surface area contributed by atoms with E-state index in [1.807, 2.05) is 0 Å². The lowest BCUT2D eigenvalue weighted by atomic mass is 10.2. The predicted octanol–water partition coefficient (Wildman–Crippen LogP) is 7.37. The Hall–Kier alpha value is -1.27. The molecule has 0 aliphatic carbocycles. The second-order valence-electron chi connectivity index (χ2n) is 9.51. The van der Waals surface area contributed by atoms with Crippen LogP contribution in [0.25, 0.3) is 10.1 Å². The summed E-state index contributed by atoms with van der Waals surface area (Å²) in [5, 5.41) is 0.594. The van der Waals surface area contributed by atoms with E-state index in [2.05, 4.69) is 0 Å². The Labute approximate surface area is 250 Å². The summed E-state index contributed by atoms with van der Waals surface area (Å²) >= 11 is 12.5. The zero-order valence-electron chi connectivity index (χ0n) is 23.7. The summed E-state index contributed by atoms with van der Waals surface area (Å²) in [5.74, 6) is 1.69. The van der Waals surface area contributed by atoms with Crippen molar-refractivity contribution in [2.75, 3.05) is 44.5 Å². The highest BCUT2D eigenvalue weighted by Gasteiger charge is 2.42. The minimum atomic E-state index is -4.57. The standard InChI is InChI=1S/C25H38Cl2NO9PS2/c1-7-35-38(30,36-8-2)17-28(24(29)37-25(4,5)6)40(31,32)23-18(3)19-15-20(33-13-9-11-26)21(16-22(19)39-23)34-14-10-12-27/h15-16H,7-14,17H2,1-6H3. The molecular formula is C25H38Cl2NO9PS2. The van der Waals surface area contributed by atoms with Gasteiger partial charge in [0.25, 0.3) is 10.0 Å². The fourth-order valence-corrected chi connectivity index (χ4v) is 9.01. The molecule has 1 heterocycles. The van der Waals surface area contributed by atoms with Crippen molar-refractivity contribution in [3.63, 3.8) is 0 Å². The van der Waals surface area contributed by atoms with Crippen molar-refractivity contribution in [2.45, 2.75) is 64.2 Å². The number of amides is 1. The molecule has 40 heavy (non-hydrogen) atoms. The highest BCUT2D eigenvalue weighted by molar-refractivity contribution is 7.92. The Kier molecular flexibility index (Phi) is 13.3. The van der Waals surface area contributed by atoms with Crippen LogP contribution in [-0.4, -0.2) is 68.9 Å². The maximum atomic E-state index is 14.0. The number of alkyl halides is 2. The van der Waals surface area contributed by atoms with Gasteiger partial charge in [-0.1, -0.05) is 0 Å². The minimum absolute atomic E-state index is 0.0135. The summed E-state index contributed by atoms with van der Waals surface area (Å²) in [4.78, 5) is 13.2. The van der Waals surface area contributed by atoms with E-state index >= 15 is 0 Å². The Morgan fingerprint density at radius 2 is 1.52 bits per heavy atom. The molecule has 0 saturated heterocycles. The monoisotopic (exact) mass is 661 g/mol. The first-order chi connectivity index (χ1) is 18.7. The van der Waals surface area contributed by atoms with Gasteiger partial charge in [-0.05, 0) is 66.0 Å². The number of nitrogens with zero attached hydrogens (tertiary/aromatic N) is 1. The summed E-state index contributed by atoms with van der Waals surface area (Å²) in [6.45, 7) is 10.3. The third-order valence-electron chi connectivity index (χ3n) is 5.10. The third-order valence-corrected chi connectivity index (χ3v) is 11.3. The second kappa shape index (κ2) is 15.3. The van der Waals surface area contributed by atoms with Gasteiger partial charge in [0.2, 0.25) is 0 Å². The van der Waals surface area contributed by atoms with Crippen LogP contribution in [0.5, 0.6) is 11.5 Å². The smallest absolute Gasteiger partial charge is 0.424 e. The number of sulfonamides is 1. The molecule has 1 aromatic carbocycles. The Morgan fingerprint density at radius 1 is 1.00 bits per heavy atom. The van der Waals surface area contributed by atoms with Gasteiger partial charge in [0.15, 0.2) is 11.5 Å². The lowest BCUT2D eigenvalue weighted by molar-refractivity contribution is 0.0399. The molecule has 1 aromatic heterocycles. The zero-order valence-corrected chi connectivity index (χ0v) is 27.7. The Balaban J connectivity index is 2.66. The van der Waals surface area contributed by atoms with E-state index in [1.54, 1.807) is 53.7 Å². The average Bonchev–Trinajstić information content (AvgIpc) is 3.18. The summed E-state index contributed by atoms with van der Waals surface area (Å²) in [6.07, 6.45) is -0.833. The van der Waals surface area contributed by atoms with Crippen molar-refractivity contribution >= 4 is 68.3 Å². The van der Waals surface area contributed by atoms with Crippen LogP contribution in [0.15, 0.2) is 16.3 Å². The summed E-state index contributed by atoms with van der Waals surface area (Å²) in [6, 6.07) is 3.40. The molecule has 0 atom stereocenters. The topological polar surface area (TPSA) is 118 Å². The zero-order chi connectivity index (χ0) is 30.1. The maximum absolute atomic E-state index is 14.0. The molecule has 0 N–H and O–H groups in total. The SMILES string of the molecule is CCOP(=O)(CN(C(=O)OC(C)(C)C)S(=O)(=O)c1sc2cc(OCCCCl)c(OCCCCl)cc2c1C)OCC. The van der Waals surface area contributed by atoms with E-state index in [-0.39, 0.29) is 17.4 Å². The average molecular weight is 663 g/mol. The molecule has 15 heteroatoms. The molecular weight excluding hydrogens is 624 g/mol. The lowest BCUT2D eigenvalue weighted by Crippen LogP contribution is -2.41. The number of benzene rings is 1. The highest BCUT2D eigenvalue weighted by Crippen LogP contribution is 2.50. The van der Waals surface area contributed by atoms with E-state index in [1.165, 1.54) is 0 Å². The van der Waals surface area contributed by atoms with Gasteiger partial charge in [-0.25, -0.2) is 4.79 Å². The van der Waals surface area contributed by atoms with E-state index in [0.717, 1.165) is 11.3 Å². The van der Waals surface area contributed by atoms with Crippen LogP contribution in [-0.2, 0) is 28.4 Å². The number of carbonyl (C=O) groups excluding carboxylic acids is 1. The van der Waals surface area contributed by atoms with Crippen molar-refractivity contribution in [1.29, 1.82) is 0 Å². The van der Waals surface area contributed by atoms with Crippen LogP contribution in [0.1, 0.15) is 53.0 Å². The fraction of sp³-hybridized carbons (Fsp3) is 0.640. The number of hydrogen-bond donors (Lipinski definition) is 0. The molecule has 0 unspecified atom stereocenters. The molecule has 10 nitrogen and oxygen atoms in total. The van der Waals surface area contributed by atoms with Gasteiger partial charge in [-0.2, -0.15) is 12.7 Å². The fourth-order valence-electron chi connectivity index (χ4n) is 3.46. The van der Waals surface area contributed by atoms with Crippen molar-refractivity contribution in [3.8, 4) is 11.5 Å².